The van der Waals surface area contributed by atoms with E-state index in [0.29, 0.717) is 19.6 Å². The Morgan fingerprint density at radius 3 is 2.71 bits per heavy atom. The number of nitrogens with zero attached hydrogens (tertiary/aromatic N) is 2. The quantitative estimate of drug-likeness (QED) is 0.777. The Bertz CT molecular complexity index is 606. The molecule has 0 saturated carbocycles. The molecule has 0 aromatic carbocycles. The van der Waals surface area contributed by atoms with Crippen LogP contribution >= 0.6 is 0 Å². The summed E-state index contributed by atoms with van der Waals surface area (Å²) in [5, 5.41) is 2.98. The van der Waals surface area contributed by atoms with Gasteiger partial charge >= 0.3 is 6.03 Å². The highest BCUT2D eigenvalue weighted by atomic mass is 32.2. The van der Waals surface area contributed by atoms with E-state index < -0.39 is 9.84 Å². The molecule has 3 aliphatic heterocycles. The Kier molecular flexibility index (Phi) is 4.59. The molecule has 2 atom stereocenters. The van der Waals surface area contributed by atoms with Gasteiger partial charge in [0, 0.05) is 44.7 Å². The number of hydrogen-bond acceptors (Lipinski definition) is 5. The number of hydrogen-bond donors (Lipinski definition) is 1. The lowest BCUT2D eigenvalue weighted by atomic mass is 9.84. The van der Waals surface area contributed by atoms with E-state index in [-0.39, 0.29) is 34.5 Å². The predicted molar refractivity (Wildman–Crippen MR) is 91.7 cm³/mol. The molecule has 24 heavy (non-hydrogen) atoms. The van der Waals surface area contributed by atoms with Gasteiger partial charge in [0.05, 0.1) is 23.7 Å². The third-order valence-electron chi connectivity index (χ3n) is 5.48. The maximum atomic E-state index is 12.4. The molecule has 3 heterocycles. The van der Waals surface area contributed by atoms with Crippen LogP contribution in [0.1, 0.15) is 20.8 Å². The Labute approximate surface area is 144 Å². The second-order valence-electron chi connectivity index (χ2n) is 8.40. The molecule has 0 unspecified atom stereocenters. The van der Waals surface area contributed by atoms with Crippen LogP contribution in [-0.2, 0) is 14.6 Å². The van der Waals surface area contributed by atoms with Gasteiger partial charge in [0.2, 0.25) is 0 Å². The smallest absolute Gasteiger partial charge is 0.317 e. The second-order valence-corrected chi connectivity index (χ2v) is 10.5. The summed E-state index contributed by atoms with van der Waals surface area (Å²) in [6, 6.07) is -0.0736. The number of carbonyl (C=O) groups excluding carboxylic acids is 1. The minimum atomic E-state index is -2.93. The minimum absolute atomic E-state index is 0.0736. The number of amides is 2. The van der Waals surface area contributed by atoms with Crippen molar-refractivity contribution in [3.63, 3.8) is 0 Å². The summed E-state index contributed by atoms with van der Waals surface area (Å²) in [4.78, 5) is 16.5. The first-order valence-corrected chi connectivity index (χ1v) is 10.5. The number of nitrogens with one attached hydrogen (secondary N) is 1. The van der Waals surface area contributed by atoms with Gasteiger partial charge in [0.1, 0.15) is 0 Å². The molecule has 138 valence electrons. The largest absolute Gasteiger partial charge is 0.373 e. The highest BCUT2D eigenvalue weighted by Crippen LogP contribution is 2.43. The van der Waals surface area contributed by atoms with Gasteiger partial charge in [0.25, 0.3) is 0 Å². The third-order valence-corrected chi connectivity index (χ3v) is 7.49. The van der Waals surface area contributed by atoms with Crippen molar-refractivity contribution < 1.29 is 17.9 Å². The van der Waals surface area contributed by atoms with E-state index in [1.807, 2.05) is 6.92 Å². The molecule has 3 saturated heterocycles. The van der Waals surface area contributed by atoms with E-state index in [1.165, 1.54) is 0 Å². The zero-order valence-electron chi connectivity index (χ0n) is 14.9. The second kappa shape index (κ2) is 6.14. The molecule has 3 aliphatic rings. The molecule has 0 spiro atoms. The molecule has 0 aromatic rings. The standard InChI is InChI=1S/C16H29N3O4S/c1-15(2)10-18(6-7-23-15)5-4-17-14(20)19-8-13-9-24(21,22)12-16(13,3)11-19/h13H,4-12H2,1-3H3,(H,17,20)/t13-,16+/m0/s1. The zero-order valence-corrected chi connectivity index (χ0v) is 15.7. The van der Waals surface area contributed by atoms with Gasteiger partial charge in [-0.15, -0.1) is 0 Å². The summed E-state index contributed by atoms with van der Waals surface area (Å²) in [6.45, 7) is 11.1. The van der Waals surface area contributed by atoms with Crippen molar-refractivity contribution in [2.75, 3.05) is 57.4 Å². The Hall–Kier alpha value is -0.860. The van der Waals surface area contributed by atoms with Crippen molar-refractivity contribution >= 4 is 15.9 Å². The number of ether oxygens (including phenoxy) is 1. The fraction of sp³-hybridized carbons (Fsp3) is 0.938. The van der Waals surface area contributed by atoms with Crippen molar-refractivity contribution in [2.24, 2.45) is 11.3 Å². The van der Waals surface area contributed by atoms with E-state index in [9.17, 15) is 13.2 Å². The third kappa shape index (κ3) is 3.86. The highest BCUT2D eigenvalue weighted by molar-refractivity contribution is 7.91. The van der Waals surface area contributed by atoms with Gasteiger partial charge in [0.15, 0.2) is 9.84 Å². The number of carbonyl (C=O) groups is 1. The maximum Gasteiger partial charge on any atom is 0.317 e. The molecule has 0 aromatic heterocycles. The first-order chi connectivity index (χ1) is 11.1. The van der Waals surface area contributed by atoms with Crippen LogP contribution in [0.2, 0.25) is 0 Å². The number of likely N-dealkylation sites (tertiary alicyclic amines) is 1. The lowest BCUT2D eigenvalue weighted by molar-refractivity contribution is -0.0853. The summed E-state index contributed by atoms with van der Waals surface area (Å²) in [6.07, 6.45) is 0. The zero-order chi connectivity index (χ0) is 17.6. The SMILES string of the molecule is CC1(C)CN(CCNC(=O)N2C[C@H]3CS(=O)(=O)C[C@@]3(C)C2)CCO1. The average molecular weight is 359 g/mol. The molecule has 3 rings (SSSR count). The van der Waals surface area contributed by atoms with E-state index in [1.54, 1.807) is 4.90 Å². The highest BCUT2D eigenvalue weighted by Gasteiger charge is 2.53. The fourth-order valence-corrected chi connectivity index (χ4v) is 6.86. The number of urea groups is 1. The lowest BCUT2D eigenvalue weighted by Crippen LogP contribution is -2.51. The van der Waals surface area contributed by atoms with Crippen molar-refractivity contribution in [1.82, 2.24) is 15.1 Å². The van der Waals surface area contributed by atoms with Crippen LogP contribution < -0.4 is 5.32 Å². The monoisotopic (exact) mass is 359 g/mol. The van der Waals surface area contributed by atoms with Crippen LogP contribution in [0, 0.1) is 11.3 Å². The van der Waals surface area contributed by atoms with Crippen LogP contribution in [0.4, 0.5) is 4.79 Å². The molecule has 1 N–H and O–H groups in total. The Balaban J connectivity index is 1.44. The van der Waals surface area contributed by atoms with Crippen LogP contribution in [0.3, 0.4) is 0 Å². The topological polar surface area (TPSA) is 79.0 Å². The Morgan fingerprint density at radius 2 is 2.04 bits per heavy atom. The first-order valence-electron chi connectivity index (χ1n) is 8.68. The predicted octanol–water partition coefficient (Wildman–Crippen LogP) is 0.173. The van der Waals surface area contributed by atoms with Gasteiger partial charge in [-0.05, 0) is 19.8 Å². The number of sulfone groups is 1. The summed E-state index contributed by atoms with van der Waals surface area (Å²) >= 11 is 0. The number of rotatable bonds is 3. The van der Waals surface area contributed by atoms with Gasteiger partial charge in [-0.3, -0.25) is 4.90 Å². The van der Waals surface area contributed by atoms with Crippen molar-refractivity contribution in [3.05, 3.63) is 0 Å². The van der Waals surface area contributed by atoms with Gasteiger partial charge in [-0.25, -0.2) is 13.2 Å². The lowest BCUT2D eigenvalue weighted by Gasteiger charge is -2.38. The number of fused-ring (bicyclic) bond motifs is 1. The van der Waals surface area contributed by atoms with Crippen molar-refractivity contribution in [3.8, 4) is 0 Å². The van der Waals surface area contributed by atoms with Gasteiger partial charge in [-0.1, -0.05) is 6.92 Å². The van der Waals surface area contributed by atoms with E-state index in [4.69, 9.17) is 4.74 Å². The fourth-order valence-electron chi connectivity index (χ4n) is 4.29. The molecular weight excluding hydrogens is 330 g/mol. The van der Waals surface area contributed by atoms with Crippen LogP contribution in [0.5, 0.6) is 0 Å². The summed E-state index contributed by atoms with van der Waals surface area (Å²) in [5.74, 6) is 0.501. The summed E-state index contributed by atoms with van der Waals surface area (Å²) < 4.78 is 29.3. The summed E-state index contributed by atoms with van der Waals surface area (Å²) in [5.41, 5.74) is -0.404. The van der Waals surface area contributed by atoms with E-state index in [2.05, 4.69) is 24.1 Å². The van der Waals surface area contributed by atoms with E-state index >= 15 is 0 Å². The van der Waals surface area contributed by atoms with Crippen LogP contribution in [0.25, 0.3) is 0 Å². The minimum Gasteiger partial charge on any atom is -0.373 e. The van der Waals surface area contributed by atoms with Gasteiger partial charge in [-0.2, -0.15) is 0 Å². The molecule has 0 aliphatic carbocycles. The summed E-state index contributed by atoms with van der Waals surface area (Å²) in [7, 11) is -2.93. The van der Waals surface area contributed by atoms with E-state index in [0.717, 1.165) is 26.2 Å². The molecule has 0 bridgehead atoms. The van der Waals surface area contributed by atoms with Crippen LogP contribution in [0.15, 0.2) is 0 Å². The average Bonchev–Trinajstić information content (AvgIpc) is 2.84. The molecule has 2 amide bonds. The number of morpholine rings is 1. The van der Waals surface area contributed by atoms with Crippen LogP contribution in [-0.4, -0.2) is 87.2 Å². The molecule has 3 fully saturated rings. The van der Waals surface area contributed by atoms with Gasteiger partial charge < -0.3 is 15.0 Å². The molecule has 7 nitrogen and oxygen atoms in total. The van der Waals surface area contributed by atoms with Crippen molar-refractivity contribution in [2.45, 2.75) is 26.4 Å². The molecule has 8 heteroatoms. The Morgan fingerprint density at radius 1 is 1.29 bits per heavy atom. The maximum absolute atomic E-state index is 12.4. The molecular formula is C16H29N3O4S. The molecule has 0 radical (unpaired) electrons. The normalized spacial score (nSPS) is 35.0. The van der Waals surface area contributed by atoms with Crippen molar-refractivity contribution in [1.29, 1.82) is 0 Å². The first kappa shape index (κ1) is 17.9.